The fourth-order valence-electron chi connectivity index (χ4n) is 1.70. The Bertz CT molecular complexity index is 424. The molecular weight excluding hydrogens is 247 g/mol. The van der Waals surface area contributed by atoms with Gasteiger partial charge in [0, 0.05) is 13.1 Å². The van der Waals surface area contributed by atoms with Crippen LogP contribution < -0.4 is 5.32 Å². The Morgan fingerprint density at radius 3 is 2.47 bits per heavy atom. The van der Waals surface area contributed by atoms with Crippen LogP contribution in [0.5, 0.6) is 0 Å². The Hall–Kier alpha value is -1.25. The molecule has 0 saturated carbocycles. The van der Waals surface area contributed by atoms with E-state index in [2.05, 4.69) is 15.5 Å². The molecule has 9 heteroatoms. The van der Waals surface area contributed by atoms with E-state index in [4.69, 9.17) is 0 Å². The van der Waals surface area contributed by atoms with E-state index in [9.17, 15) is 22.0 Å². The van der Waals surface area contributed by atoms with Gasteiger partial charge in [0.05, 0.1) is 6.04 Å². The van der Waals surface area contributed by atoms with E-state index >= 15 is 0 Å². The lowest BCUT2D eigenvalue weighted by atomic mass is 10.2. The van der Waals surface area contributed by atoms with Crippen molar-refractivity contribution in [2.24, 2.45) is 0 Å². The summed E-state index contributed by atoms with van der Waals surface area (Å²) in [4.78, 5) is 0. The molecule has 17 heavy (non-hydrogen) atoms. The maximum absolute atomic E-state index is 13.1. The molecule has 1 N–H and O–H groups in total. The summed E-state index contributed by atoms with van der Waals surface area (Å²) >= 11 is 0. The number of hydrogen-bond donors (Lipinski definition) is 1. The Morgan fingerprint density at radius 1 is 1.24 bits per heavy atom. The van der Waals surface area contributed by atoms with Gasteiger partial charge >= 0.3 is 12.1 Å². The first-order valence-electron chi connectivity index (χ1n) is 4.86. The zero-order valence-electron chi connectivity index (χ0n) is 8.72. The minimum absolute atomic E-state index is 0.00627. The predicted molar refractivity (Wildman–Crippen MR) is 46.4 cm³/mol. The third kappa shape index (κ3) is 1.78. The lowest BCUT2D eigenvalue weighted by Crippen LogP contribution is -2.39. The van der Waals surface area contributed by atoms with Crippen LogP contribution >= 0.6 is 0 Å². The zero-order valence-corrected chi connectivity index (χ0v) is 8.72. The van der Waals surface area contributed by atoms with Crippen molar-refractivity contribution < 1.29 is 22.0 Å². The molecule has 0 aliphatic carbocycles. The van der Waals surface area contributed by atoms with Crippen molar-refractivity contribution >= 4 is 0 Å². The van der Waals surface area contributed by atoms with Crippen molar-refractivity contribution in [2.75, 3.05) is 6.54 Å². The van der Waals surface area contributed by atoms with Crippen LogP contribution in [0.3, 0.4) is 0 Å². The molecule has 0 spiro atoms. The van der Waals surface area contributed by atoms with Gasteiger partial charge < -0.3 is 9.88 Å². The second-order valence-electron chi connectivity index (χ2n) is 3.78. The summed E-state index contributed by atoms with van der Waals surface area (Å²) in [5.41, 5.74) is 0. The Labute approximate surface area is 92.8 Å². The van der Waals surface area contributed by atoms with Gasteiger partial charge in [-0.2, -0.15) is 22.0 Å². The molecular formula is C8H9F5N4. The molecule has 0 bridgehead atoms. The minimum atomic E-state index is -5.66. The van der Waals surface area contributed by atoms with Crippen molar-refractivity contribution in [3.8, 4) is 0 Å². The smallest absolute Gasteiger partial charge is 0.307 e. The second-order valence-corrected chi connectivity index (χ2v) is 3.78. The highest BCUT2D eigenvalue weighted by Gasteiger charge is 2.62. The summed E-state index contributed by atoms with van der Waals surface area (Å²) < 4.78 is 63.8. The number of rotatable bonds is 1. The molecule has 1 aliphatic rings. The van der Waals surface area contributed by atoms with E-state index in [1.54, 1.807) is 6.92 Å². The topological polar surface area (TPSA) is 42.7 Å². The summed E-state index contributed by atoms with van der Waals surface area (Å²) in [5, 5.41) is 9.27. The van der Waals surface area contributed by atoms with Crippen LogP contribution in [-0.4, -0.2) is 27.5 Å². The van der Waals surface area contributed by atoms with Crippen LogP contribution in [0.25, 0.3) is 0 Å². The highest BCUT2D eigenvalue weighted by Crippen LogP contribution is 2.43. The Kier molecular flexibility index (Phi) is 2.60. The SMILES string of the molecule is CC1NCCn2c1nnc2C(F)(F)C(F)(F)F. The zero-order chi connectivity index (χ0) is 12.8. The quantitative estimate of drug-likeness (QED) is 0.776. The van der Waals surface area contributed by atoms with Crippen LogP contribution in [0.15, 0.2) is 0 Å². The first-order valence-corrected chi connectivity index (χ1v) is 4.86. The summed E-state index contributed by atoms with van der Waals surface area (Å²) in [5.74, 6) is -6.22. The fraction of sp³-hybridized carbons (Fsp3) is 0.750. The minimum Gasteiger partial charge on any atom is -0.307 e. The van der Waals surface area contributed by atoms with Gasteiger partial charge in [-0.1, -0.05) is 0 Å². The lowest BCUT2D eigenvalue weighted by molar-refractivity contribution is -0.293. The van der Waals surface area contributed by atoms with Crippen LogP contribution in [0.2, 0.25) is 0 Å². The largest absolute Gasteiger partial charge is 0.461 e. The molecule has 0 saturated heterocycles. The van der Waals surface area contributed by atoms with Crippen LogP contribution in [0.1, 0.15) is 24.6 Å². The van der Waals surface area contributed by atoms with E-state index in [0.29, 0.717) is 6.54 Å². The summed E-state index contributed by atoms with van der Waals surface area (Å²) in [6.45, 7) is 1.91. The monoisotopic (exact) mass is 256 g/mol. The van der Waals surface area contributed by atoms with Crippen molar-refractivity contribution in [1.29, 1.82) is 0 Å². The Morgan fingerprint density at radius 2 is 1.88 bits per heavy atom. The number of halogens is 5. The van der Waals surface area contributed by atoms with Crippen LogP contribution in [0.4, 0.5) is 22.0 Å². The Balaban J connectivity index is 2.48. The molecule has 1 aliphatic heterocycles. The van der Waals surface area contributed by atoms with Gasteiger partial charge in [-0.3, -0.25) is 0 Å². The highest BCUT2D eigenvalue weighted by molar-refractivity contribution is 5.09. The van der Waals surface area contributed by atoms with Crippen LogP contribution in [0, 0.1) is 0 Å². The number of nitrogens with zero attached hydrogens (tertiary/aromatic N) is 3. The lowest BCUT2D eigenvalue weighted by Gasteiger charge is -2.25. The molecule has 1 unspecified atom stereocenters. The highest BCUT2D eigenvalue weighted by atomic mass is 19.4. The normalized spacial score (nSPS) is 21.4. The van der Waals surface area contributed by atoms with Gasteiger partial charge in [0.25, 0.3) is 0 Å². The molecule has 2 rings (SSSR count). The van der Waals surface area contributed by atoms with Gasteiger partial charge in [-0.25, -0.2) is 0 Å². The van der Waals surface area contributed by atoms with Gasteiger partial charge in [0.15, 0.2) is 0 Å². The molecule has 0 aromatic carbocycles. The summed E-state index contributed by atoms with van der Waals surface area (Å²) in [7, 11) is 0. The molecule has 1 aromatic heterocycles. The molecule has 4 nitrogen and oxygen atoms in total. The van der Waals surface area contributed by atoms with Gasteiger partial charge in [-0.05, 0) is 6.92 Å². The standard InChI is InChI=1S/C8H9F5N4/c1-4-5-15-16-6(17(5)3-2-14-4)7(9,10)8(11,12)13/h4,14H,2-3H2,1H3. The average molecular weight is 256 g/mol. The van der Waals surface area contributed by atoms with E-state index in [0.717, 1.165) is 4.57 Å². The number of aromatic nitrogens is 3. The third-order valence-corrected chi connectivity index (χ3v) is 2.59. The first-order chi connectivity index (χ1) is 7.75. The maximum atomic E-state index is 13.1. The molecule has 1 aromatic rings. The molecule has 96 valence electrons. The van der Waals surface area contributed by atoms with Crippen molar-refractivity contribution in [3.63, 3.8) is 0 Å². The average Bonchev–Trinajstić information content (AvgIpc) is 2.61. The number of fused-ring (bicyclic) bond motifs is 1. The first kappa shape index (κ1) is 12.2. The van der Waals surface area contributed by atoms with E-state index in [1.807, 2.05) is 0 Å². The van der Waals surface area contributed by atoms with Gasteiger partial charge in [0.1, 0.15) is 5.82 Å². The van der Waals surface area contributed by atoms with Crippen LogP contribution in [-0.2, 0) is 12.5 Å². The van der Waals surface area contributed by atoms with Gasteiger partial charge in [0.2, 0.25) is 5.82 Å². The molecule has 1 atom stereocenters. The maximum Gasteiger partial charge on any atom is 0.461 e. The number of alkyl halides is 5. The molecule has 2 heterocycles. The van der Waals surface area contributed by atoms with Gasteiger partial charge in [-0.15, -0.1) is 10.2 Å². The molecule has 0 amide bonds. The van der Waals surface area contributed by atoms with Crippen molar-refractivity contribution in [1.82, 2.24) is 20.1 Å². The van der Waals surface area contributed by atoms with E-state index in [1.165, 1.54) is 0 Å². The number of nitrogens with one attached hydrogen (secondary N) is 1. The summed E-state index contributed by atoms with van der Waals surface area (Å²) in [6.07, 6.45) is -5.66. The van der Waals surface area contributed by atoms with Crippen molar-refractivity contribution in [2.45, 2.75) is 31.6 Å². The van der Waals surface area contributed by atoms with E-state index < -0.39 is 24.0 Å². The fourth-order valence-corrected chi connectivity index (χ4v) is 1.70. The molecule has 0 radical (unpaired) electrons. The van der Waals surface area contributed by atoms with Crippen molar-refractivity contribution in [3.05, 3.63) is 11.6 Å². The number of hydrogen-bond acceptors (Lipinski definition) is 3. The third-order valence-electron chi connectivity index (χ3n) is 2.59. The summed E-state index contributed by atoms with van der Waals surface area (Å²) in [6, 6.07) is -0.394. The van der Waals surface area contributed by atoms with E-state index in [-0.39, 0.29) is 12.4 Å². The second kappa shape index (κ2) is 3.62. The molecule has 0 fully saturated rings. The predicted octanol–water partition coefficient (Wildman–Crippen LogP) is 1.60.